The van der Waals surface area contributed by atoms with E-state index < -0.39 is 5.76 Å². The molecule has 0 aliphatic heterocycles. The van der Waals surface area contributed by atoms with E-state index in [2.05, 4.69) is 5.16 Å². The van der Waals surface area contributed by atoms with Crippen LogP contribution >= 0.6 is 0 Å². The van der Waals surface area contributed by atoms with Crippen molar-refractivity contribution in [2.24, 2.45) is 0 Å². The number of nitrogens with zero attached hydrogens (tertiary/aromatic N) is 3. The minimum atomic E-state index is -0.495. The van der Waals surface area contributed by atoms with Crippen LogP contribution in [-0.4, -0.2) is 34.6 Å². The largest absolute Gasteiger partial charge is 0.441 e. The third kappa shape index (κ3) is 3.39. The van der Waals surface area contributed by atoms with Gasteiger partial charge in [-0.1, -0.05) is 29.4 Å². The van der Waals surface area contributed by atoms with Crippen molar-refractivity contribution in [3.8, 4) is 11.4 Å². The van der Waals surface area contributed by atoms with E-state index in [4.69, 9.17) is 4.52 Å². The van der Waals surface area contributed by atoms with Crippen molar-refractivity contribution in [1.29, 1.82) is 0 Å². The van der Waals surface area contributed by atoms with Crippen molar-refractivity contribution in [3.63, 3.8) is 0 Å². The lowest BCUT2D eigenvalue weighted by Gasteiger charge is -2.10. The van der Waals surface area contributed by atoms with Crippen LogP contribution in [0, 0.1) is 6.92 Å². The van der Waals surface area contributed by atoms with E-state index in [9.17, 15) is 9.59 Å². The third-order valence-corrected chi connectivity index (χ3v) is 3.34. The minimum Gasteiger partial charge on any atom is -0.349 e. The van der Waals surface area contributed by atoms with Crippen LogP contribution in [-0.2, 0) is 11.3 Å². The fourth-order valence-electron chi connectivity index (χ4n) is 2.09. The molecule has 0 N–H and O–H groups in total. The number of benzene rings is 1. The van der Waals surface area contributed by atoms with Gasteiger partial charge in [0.15, 0.2) is 5.82 Å². The van der Waals surface area contributed by atoms with E-state index >= 15 is 0 Å². The van der Waals surface area contributed by atoms with E-state index in [0.717, 1.165) is 11.1 Å². The lowest BCUT2D eigenvalue weighted by atomic mass is 10.1. The average Bonchev–Trinajstić information content (AvgIpc) is 2.80. The van der Waals surface area contributed by atoms with Crippen LogP contribution in [0.2, 0.25) is 0 Å². The van der Waals surface area contributed by atoms with E-state index in [1.54, 1.807) is 19.0 Å². The van der Waals surface area contributed by atoms with Crippen molar-refractivity contribution in [3.05, 3.63) is 40.4 Å². The van der Waals surface area contributed by atoms with Gasteiger partial charge in [-0.25, -0.2) is 4.79 Å². The summed E-state index contributed by atoms with van der Waals surface area (Å²) in [6.45, 7) is 2.36. The molecule has 0 aliphatic rings. The van der Waals surface area contributed by atoms with Gasteiger partial charge < -0.3 is 4.90 Å². The Kier molecular flexibility index (Phi) is 4.57. The van der Waals surface area contributed by atoms with Gasteiger partial charge in [0.05, 0.1) is 0 Å². The van der Waals surface area contributed by atoms with Gasteiger partial charge in [0, 0.05) is 32.6 Å². The number of carbonyl (C=O) groups is 1. The molecule has 0 radical (unpaired) electrons. The zero-order valence-corrected chi connectivity index (χ0v) is 12.5. The number of rotatable bonds is 5. The Labute approximate surface area is 123 Å². The molecule has 0 aliphatic carbocycles. The van der Waals surface area contributed by atoms with Crippen LogP contribution in [0.15, 0.2) is 33.6 Å². The van der Waals surface area contributed by atoms with Crippen molar-refractivity contribution in [2.75, 3.05) is 14.1 Å². The predicted molar refractivity (Wildman–Crippen MR) is 78.9 cm³/mol. The minimum absolute atomic E-state index is 0.0388. The highest BCUT2D eigenvalue weighted by Gasteiger charge is 2.14. The molecule has 0 spiro atoms. The van der Waals surface area contributed by atoms with Crippen molar-refractivity contribution in [1.82, 2.24) is 14.6 Å². The first kappa shape index (κ1) is 15.0. The molecular weight excluding hydrogens is 270 g/mol. The highest BCUT2D eigenvalue weighted by Crippen LogP contribution is 2.20. The Morgan fingerprint density at radius 1 is 1.33 bits per heavy atom. The van der Waals surface area contributed by atoms with Crippen molar-refractivity contribution < 1.29 is 9.32 Å². The summed E-state index contributed by atoms with van der Waals surface area (Å²) in [6.07, 6.45) is 0.953. The number of amides is 1. The van der Waals surface area contributed by atoms with Crippen LogP contribution in [0.4, 0.5) is 0 Å². The summed E-state index contributed by atoms with van der Waals surface area (Å²) in [6, 6.07) is 7.67. The zero-order chi connectivity index (χ0) is 15.4. The van der Waals surface area contributed by atoms with Crippen LogP contribution in [0.25, 0.3) is 11.4 Å². The first-order chi connectivity index (χ1) is 10.0. The number of hydrogen-bond acceptors (Lipinski definition) is 4. The zero-order valence-electron chi connectivity index (χ0n) is 12.5. The fraction of sp³-hybridized carbons (Fsp3) is 0.400. The molecule has 21 heavy (non-hydrogen) atoms. The fourth-order valence-corrected chi connectivity index (χ4v) is 2.09. The van der Waals surface area contributed by atoms with Gasteiger partial charge in [-0.3, -0.25) is 13.9 Å². The van der Waals surface area contributed by atoms with Crippen LogP contribution in [0.3, 0.4) is 0 Å². The summed E-state index contributed by atoms with van der Waals surface area (Å²) in [4.78, 5) is 24.9. The summed E-state index contributed by atoms with van der Waals surface area (Å²) >= 11 is 0. The average molecular weight is 289 g/mol. The lowest BCUT2D eigenvalue weighted by molar-refractivity contribution is -0.128. The molecule has 2 rings (SSSR count). The summed E-state index contributed by atoms with van der Waals surface area (Å²) in [5.74, 6) is 0.0536. The van der Waals surface area contributed by atoms with Gasteiger partial charge >= 0.3 is 5.76 Å². The highest BCUT2D eigenvalue weighted by molar-refractivity contribution is 5.75. The Morgan fingerprint density at radius 2 is 2.05 bits per heavy atom. The second kappa shape index (κ2) is 6.39. The molecule has 0 saturated carbocycles. The Morgan fingerprint density at radius 3 is 2.71 bits per heavy atom. The van der Waals surface area contributed by atoms with Crippen LogP contribution < -0.4 is 5.76 Å². The summed E-state index contributed by atoms with van der Waals surface area (Å²) in [7, 11) is 3.43. The quantitative estimate of drug-likeness (QED) is 0.840. The van der Waals surface area contributed by atoms with Gasteiger partial charge in [0.25, 0.3) is 0 Å². The molecule has 2 aromatic rings. The normalized spacial score (nSPS) is 10.6. The summed E-state index contributed by atoms with van der Waals surface area (Å²) in [5.41, 5.74) is 1.88. The van der Waals surface area contributed by atoms with Gasteiger partial charge in [-0.05, 0) is 18.9 Å². The molecule has 0 saturated heterocycles. The second-order valence-electron chi connectivity index (χ2n) is 5.13. The maximum absolute atomic E-state index is 11.8. The number of carbonyl (C=O) groups excluding carboxylic acids is 1. The molecule has 1 aromatic heterocycles. The van der Waals surface area contributed by atoms with Gasteiger partial charge in [0.2, 0.25) is 5.91 Å². The molecule has 0 bridgehead atoms. The lowest BCUT2D eigenvalue weighted by Crippen LogP contribution is -2.23. The van der Waals surface area contributed by atoms with E-state index in [1.807, 2.05) is 31.2 Å². The maximum Gasteiger partial charge on any atom is 0.441 e. The number of aromatic nitrogens is 2. The molecule has 112 valence electrons. The van der Waals surface area contributed by atoms with Gasteiger partial charge in [-0.2, -0.15) is 0 Å². The number of hydrogen-bond donors (Lipinski definition) is 0. The Balaban J connectivity index is 2.18. The SMILES string of the molecule is Cc1ccccc1-c1noc(=O)n1CCCC(=O)N(C)C. The van der Waals surface area contributed by atoms with Crippen molar-refractivity contribution in [2.45, 2.75) is 26.3 Å². The smallest absolute Gasteiger partial charge is 0.349 e. The molecular formula is C15H19N3O3. The summed E-state index contributed by atoms with van der Waals surface area (Å²) in [5, 5.41) is 3.86. The van der Waals surface area contributed by atoms with Crippen LogP contribution in [0.5, 0.6) is 0 Å². The van der Waals surface area contributed by atoms with E-state index in [-0.39, 0.29) is 5.91 Å². The van der Waals surface area contributed by atoms with E-state index in [0.29, 0.717) is 25.2 Å². The highest BCUT2D eigenvalue weighted by atomic mass is 16.5. The molecule has 1 aromatic carbocycles. The molecule has 6 heteroatoms. The Bertz CT molecular complexity index is 685. The molecule has 0 fully saturated rings. The molecule has 0 atom stereocenters. The first-order valence-corrected chi connectivity index (χ1v) is 6.83. The standard InChI is InChI=1S/C15H19N3O3/c1-11-7-4-5-8-12(11)14-16-21-15(20)18(14)10-6-9-13(19)17(2)3/h4-5,7-8H,6,9-10H2,1-3H3. The van der Waals surface area contributed by atoms with Crippen molar-refractivity contribution >= 4 is 5.91 Å². The second-order valence-corrected chi connectivity index (χ2v) is 5.13. The molecule has 0 unspecified atom stereocenters. The van der Waals surface area contributed by atoms with E-state index in [1.165, 1.54) is 4.57 Å². The number of aryl methyl sites for hydroxylation is 1. The predicted octanol–water partition coefficient (Wildman–Crippen LogP) is 1.68. The topological polar surface area (TPSA) is 68.3 Å². The van der Waals surface area contributed by atoms with Gasteiger partial charge in [0.1, 0.15) is 0 Å². The Hall–Kier alpha value is -2.37. The monoisotopic (exact) mass is 289 g/mol. The maximum atomic E-state index is 11.8. The molecule has 6 nitrogen and oxygen atoms in total. The van der Waals surface area contributed by atoms with Crippen LogP contribution in [0.1, 0.15) is 18.4 Å². The molecule has 1 heterocycles. The first-order valence-electron chi connectivity index (χ1n) is 6.83. The van der Waals surface area contributed by atoms with Gasteiger partial charge in [-0.15, -0.1) is 0 Å². The summed E-state index contributed by atoms with van der Waals surface area (Å²) < 4.78 is 6.25. The molecule has 1 amide bonds. The third-order valence-electron chi connectivity index (χ3n) is 3.34.